The van der Waals surface area contributed by atoms with Gasteiger partial charge in [0.25, 0.3) is 0 Å². The van der Waals surface area contributed by atoms with Gasteiger partial charge in [0.15, 0.2) is 0 Å². The molecule has 1 atom stereocenters. The van der Waals surface area contributed by atoms with Crippen LogP contribution < -0.4 is 10.1 Å². The molecule has 176 valence electrons. The quantitative estimate of drug-likeness (QED) is 0.354. The van der Waals surface area contributed by atoms with Gasteiger partial charge in [0.05, 0.1) is 7.11 Å². The molecule has 32 heavy (non-hydrogen) atoms. The third-order valence-corrected chi connectivity index (χ3v) is 6.80. The Balaban J connectivity index is 1.98. The van der Waals surface area contributed by atoms with E-state index in [0.29, 0.717) is 17.7 Å². The normalized spacial score (nSPS) is 14.8. The highest BCUT2D eigenvalue weighted by Crippen LogP contribution is 2.41. The smallest absolute Gasteiger partial charge is 0.149 e. The zero-order valence-electron chi connectivity index (χ0n) is 20.4. The highest BCUT2D eigenvalue weighted by molar-refractivity contribution is 5.75. The Morgan fingerprint density at radius 1 is 1.06 bits per heavy atom. The van der Waals surface area contributed by atoms with Gasteiger partial charge in [-0.25, -0.2) is 0 Å². The van der Waals surface area contributed by atoms with Gasteiger partial charge in [0.2, 0.25) is 0 Å². The molecule has 5 heteroatoms. The molecule has 0 bridgehead atoms. The number of ether oxygens (including phenoxy) is 1. The van der Waals surface area contributed by atoms with Crippen molar-refractivity contribution in [1.29, 1.82) is 0 Å². The van der Waals surface area contributed by atoms with E-state index in [-0.39, 0.29) is 5.75 Å². The van der Waals surface area contributed by atoms with E-state index in [1.54, 1.807) is 13.2 Å². The number of rotatable bonds is 13. The zero-order valence-corrected chi connectivity index (χ0v) is 20.4. The highest BCUT2D eigenvalue weighted by Gasteiger charge is 2.24. The van der Waals surface area contributed by atoms with Gasteiger partial charge in [-0.2, -0.15) is 0 Å². The van der Waals surface area contributed by atoms with Gasteiger partial charge in [-0.15, -0.1) is 10.2 Å². The van der Waals surface area contributed by atoms with Crippen LogP contribution in [-0.2, 0) is 12.8 Å². The first kappa shape index (κ1) is 24.3. The average Bonchev–Trinajstić information content (AvgIpc) is 2.77. The van der Waals surface area contributed by atoms with Gasteiger partial charge >= 0.3 is 0 Å². The SMILES string of the molecule is CCCCc1cc(NC(CC)CCCC)nnc1-c1c(O)cc(OC)cc1CC1CCC1. The Kier molecular flexibility index (Phi) is 9.19. The van der Waals surface area contributed by atoms with Crippen LogP contribution in [0.4, 0.5) is 5.82 Å². The molecular weight excluding hydrogens is 398 g/mol. The van der Waals surface area contributed by atoms with Crippen LogP contribution in [-0.4, -0.2) is 28.5 Å². The minimum absolute atomic E-state index is 0.237. The molecule has 0 saturated heterocycles. The van der Waals surface area contributed by atoms with Crippen molar-refractivity contribution in [2.24, 2.45) is 5.92 Å². The number of methoxy groups -OCH3 is 1. The summed E-state index contributed by atoms with van der Waals surface area (Å²) in [6.45, 7) is 6.65. The lowest BCUT2D eigenvalue weighted by Gasteiger charge is -2.27. The second-order valence-electron chi connectivity index (χ2n) is 9.28. The molecule has 1 unspecified atom stereocenters. The number of hydrogen-bond acceptors (Lipinski definition) is 5. The van der Waals surface area contributed by atoms with Crippen molar-refractivity contribution >= 4 is 5.82 Å². The molecule has 0 aliphatic heterocycles. The van der Waals surface area contributed by atoms with Crippen molar-refractivity contribution in [3.05, 3.63) is 29.3 Å². The van der Waals surface area contributed by atoms with E-state index in [2.05, 4.69) is 48.4 Å². The summed E-state index contributed by atoms with van der Waals surface area (Å²) in [5, 5.41) is 23.8. The number of anilines is 1. The minimum atomic E-state index is 0.237. The maximum Gasteiger partial charge on any atom is 0.149 e. The lowest BCUT2D eigenvalue weighted by molar-refractivity contribution is 0.313. The fourth-order valence-corrected chi connectivity index (χ4v) is 4.52. The first-order chi connectivity index (χ1) is 15.6. The van der Waals surface area contributed by atoms with E-state index < -0.39 is 0 Å². The van der Waals surface area contributed by atoms with Gasteiger partial charge in [-0.05, 0) is 61.3 Å². The van der Waals surface area contributed by atoms with Crippen LogP contribution in [0.15, 0.2) is 18.2 Å². The molecule has 0 amide bonds. The van der Waals surface area contributed by atoms with Gasteiger partial charge in [-0.3, -0.25) is 0 Å². The minimum Gasteiger partial charge on any atom is -0.507 e. The van der Waals surface area contributed by atoms with Crippen LogP contribution in [0.1, 0.15) is 89.7 Å². The van der Waals surface area contributed by atoms with E-state index in [1.165, 1.54) is 32.1 Å². The molecule has 1 aromatic heterocycles. The number of nitrogens with zero attached hydrogens (tertiary/aromatic N) is 2. The summed E-state index contributed by atoms with van der Waals surface area (Å²) in [6, 6.07) is 6.35. The van der Waals surface area contributed by atoms with Crippen LogP contribution >= 0.6 is 0 Å². The molecule has 1 heterocycles. The summed E-state index contributed by atoms with van der Waals surface area (Å²) in [5.41, 5.74) is 3.93. The molecule has 1 saturated carbocycles. The number of unbranched alkanes of at least 4 members (excludes halogenated alkanes) is 2. The molecule has 1 aliphatic carbocycles. The monoisotopic (exact) mass is 439 g/mol. The number of phenols is 1. The van der Waals surface area contributed by atoms with Crippen LogP contribution in [0.25, 0.3) is 11.3 Å². The Bertz CT molecular complexity index is 864. The Hall–Kier alpha value is -2.30. The fourth-order valence-electron chi connectivity index (χ4n) is 4.52. The van der Waals surface area contributed by atoms with Crippen molar-refractivity contribution in [2.45, 2.75) is 97.4 Å². The summed E-state index contributed by atoms with van der Waals surface area (Å²) in [4.78, 5) is 0. The van der Waals surface area contributed by atoms with Crippen molar-refractivity contribution in [3.63, 3.8) is 0 Å². The predicted molar refractivity (Wildman–Crippen MR) is 133 cm³/mol. The molecule has 5 nitrogen and oxygen atoms in total. The summed E-state index contributed by atoms with van der Waals surface area (Å²) < 4.78 is 5.46. The first-order valence-electron chi connectivity index (χ1n) is 12.6. The standard InChI is InChI=1S/C27H41N3O2/c1-5-8-13-20-17-25(28-22(7-3)14-9-6-2)29-30-27(20)26-21(15-19-11-10-12-19)16-23(32-4)18-24(26)31/h16-19,22,31H,5-15H2,1-4H3,(H,28,29). The molecule has 1 aromatic carbocycles. The largest absolute Gasteiger partial charge is 0.507 e. The molecular formula is C27H41N3O2. The molecule has 1 aliphatic rings. The summed E-state index contributed by atoms with van der Waals surface area (Å²) in [6.07, 6.45) is 12.5. The fraction of sp³-hybridized carbons (Fsp3) is 0.630. The van der Waals surface area contributed by atoms with Crippen molar-refractivity contribution in [3.8, 4) is 22.8 Å². The van der Waals surface area contributed by atoms with Crippen molar-refractivity contribution in [1.82, 2.24) is 10.2 Å². The van der Waals surface area contributed by atoms with Gasteiger partial charge in [0, 0.05) is 17.7 Å². The zero-order chi connectivity index (χ0) is 22.9. The van der Waals surface area contributed by atoms with Crippen molar-refractivity contribution < 1.29 is 9.84 Å². The molecule has 1 fully saturated rings. The van der Waals surface area contributed by atoms with Crippen LogP contribution in [0, 0.1) is 5.92 Å². The third-order valence-electron chi connectivity index (χ3n) is 6.80. The Morgan fingerprint density at radius 2 is 1.84 bits per heavy atom. The van der Waals surface area contributed by atoms with E-state index in [1.807, 2.05) is 0 Å². The molecule has 0 spiro atoms. The maximum absolute atomic E-state index is 11.0. The van der Waals surface area contributed by atoms with Crippen LogP contribution in [0.2, 0.25) is 0 Å². The number of hydrogen-bond donors (Lipinski definition) is 2. The van der Waals surface area contributed by atoms with Crippen molar-refractivity contribution in [2.75, 3.05) is 12.4 Å². The molecule has 2 N–H and O–H groups in total. The number of nitrogens with one attached hydrogen (secondary N) is 1. The molecule has 3 rings (SSSR count). The summed E-state index contributed by atoms with van der Waals surface area (Å²) in [5.74, 6) is 2.46. The Labute approximate surface area is 194 Å². The maximum atomic E-state index is 11.0. The van der Waals surface area contributed by atoms with E-state index in [4.69, 9.17) is 4.74 Å². The van der Waals surface area contributed by atoms with E-state index in [9.17, 15) is 5.11 Å². The number of benzene rings is 1. The van der Waals surface area contributed by atoms with Gasteiger partial charge < -0.3 is 15.2 Å². The molecule has 0 radical (unpaired) electrons. The lowest BCUT2D eigenvalue weighted by atomic mass is 9.79. The average molecular weight is 440 g/mol. The summed E-state index contributed by atoms with van der Waals surface area (Å²) >= 11 is 0. The number of aryl methyl sites for hydroxylation is 1. The first-order valence-corrected chi connectivity index (χ1v) is 12.6. The Morgan fingerprint density at radius 3 is 2.47 bits per heavy atom. The number of aromatic nitrogens is 2. The highest BCUT2D eigenvalue weighted by atomic mass is 16.5. The second-order valence-corrected chi connectivity index (χ2v) is 9.28. The van der Waals surface area contributed by atoms with Crippen LogP contribution in [0.5, 0.6) is 11.5 Å². The lowest BCUT2D eigenvalue weighted by Crippen LogP contribution is -2.20. The van der Waals surface area contributed by atoms with E-state index in [0.717, 1.165) is 66.7 Å². The molecule has 2 aromatic rings. The third kappa shape index (κ3) is 6.14. The topological polar surface area (TPSA) is 67.3 Å². The number of phenolic OH excluding ortho intramolecular Hbond substituents is 1. The predicted octanol–water partition coefficient (Wildman–Crippen LogP) is 6.92. The van der Waals surface area contributed by atoms with E-state index >= 15 is 0 Å². The van der Waals surface area contributed by atoms with Crippen LogP contribution in [0.3, 0.4) is 0 Å². The number of aromatic hydroxyl groups is 1. The summed E-state index contributed by atoms with van der Waals surface area (Å²) in [7, 11) is 1.65. The second kappa shape index (κ2) is 12.1. The van der Waals surface area contributed by atoms with Gasteiger partial charge in [-0.1, -0.05) is 59.3 Å². The van der Waals surface area contributed by atoms with Gasteiger partial charge in [0.1, 0.15) is 23.0 Å².